The van der Waals surface area contributed by atoms with Crippen LogP contribution in [0.25, 0.3) is 0 Å². The molecule has 2 nitrogen and oxygen atoms in total. The summed E-state index contributed by atoms with van der Waals surface area (Å²) >= 11 is 1.74. The highest BCUT2D eigenvalue weighted by Gasteiger charge is 2.23. The van der Waals surface area contributed by atoms with Crippen LogP contribution in [-0.2, 0) is 6.54 Å². The molecule has 0 aliphatic heterocycles. The number of thiazole rings is 1. The van der Waals surface area contributed by atoms with Gasteiger partial charge in [-0.25, -0.2) is 4.98 Å². The fourth-order valence-electron chi connectivity index (χ4n) is 2.47. The smallest absolute Gasteiger partial charge is 0.0897 e. The van der Waals surface area contributed by atoms with Gasteiger partial charge in [0.15, 0.2) is 0 Å². The fourth-order valence-corrected chi connectivity index (χ4v) is 3.08. The van der Waals surface area contributed by atoms with E-state index in [1.165, 1.54) is 30.0 Å². The molecule has 0 radical (unpaired) electrons. The van der Waals surface area contributed by atoms with Gasteiger partial charge in [0.05, 0.1) is 10.7 Å². The van der Waals surface area contributed by atoms with Crippen molar-refractivity contribution < 1.29 is 0 Å². The first kappa shape index (κ1) is 12.1. The van der Waals surface area contributed by atoms with Gasteiger partial charge in [0, 0.05) is 18.0 Å². The summed E-state index contributed by atoms with van der Waals surface area (Å²) in [6.07, 6.45) is 4.02. The first-order valence-electron chi connectivity index (χ1n) is 6.29. The quantitative estimate of drug-likeness (QED) is 0.873. The lowest BCUT2D eigenvalue weighted by Crippen LogP contribution is -2.35. The maximum atomic E-state index is 4.49. The molecule has 3 unspecified atom stereocenters. The molecule has 90 valence electrons. The second-order valence-corrected chi connectivity index (χ2v) is 6.27. The van der Waals surface area contributed by atoms with Crippen molar-refractivity contribution in [2.45, 2.75) is 52.6 Å². The Labute approximate surface area is 102 Å². The minimum atomic E-state index is 0.702. The third-order valence-corrected chi connectivity index (χ3v) is 4.66. The molecule has 0 amide bonds. The molecule has 1 fully saturated rings. The van der Waals surface area contributed by atoms with Crippen LogP contribution < -0.4 is 5.32 Å². The number of aryl methyl sites for hydroxylation is 1. The van der Waals surface area contributed by atoms with Crippen LogP contribution in [0.5, 0.6) is 0 Å². The van der Waals surface area contributed by atoms with E-state index in [0.717, 1.165) is 18.4 Å². The van der Waals surface area contributed by atoms with Gasteiger partial charge in [-0.15, -0.1) is 11.3 Å². The van der Waals surface area contributed by atoms with Crippen LogP contribution in [0.1, 0.15) is 43.8 Å². The lowest BCUT2D eigenvalue weighted by Gasteiger charge is -2.32. The summed E-state index contributed by atoms with van der Waals surface area (Å²) in [6, 6.07) is 0.702. The molecule has 2 rings (SSSR count). The SMILES string of the molecule is Cc1nc(CNC2CCC(C)C(C)C2)cs1. The van der Waals surface area contributed by atoms with Crippen molar-refractivity contribution in [2.75, 3.05) is 0 Å². The summed E-state index contributed by atoms with van der Waals surface area (Å²) in [7, 11) is 0. The maximum absolute atomic E-state index is 4.49. The van der Waals surface area contributed by atoms with Gasteiger partial charge < -0.3 is 5.32 Å². The first-order chi connectivity index (χ1) is 7.65. The molecule has 3 atom stereocenters. The summed E-state index contributed by atoms with van der Waals surface area (Å²) in [5.41, 5.74) is 1.20. The van der Waals surface area contributed by atoms with Gasteiger partial charge in [-0.1, -0.05) is 13.8 Å². The summed E-state index contributed by atoms with van der Waals surface area (Å²) in [5, 5.41) is 6.98. The van der Waals surface area contributed by atoms with Gasteiger partial charge in [0.1, 0.15) is 0 Å². The number of hydrogen-bond acceptors (Lipinski definition) is 3. The van der Waals surface area contributed by atoms with E-state index in [0.29, 0.717) is 6.04 Å². The second-order valence-electron chi connectivity index (χ2n) is 5.20. The Balaban J connectivity index is 1.78. The van der Waals surface area contributed by atoms with Gasteiger partial charge in [0.25, 0.3) is 0 Å². The van der Waals surface area contributed by atoms with E-state index in [1.807, 2.05) is 0 Å². The van der Waals surface area contributed by atoms with Crippen LogP contribution in [-0.4, -0.2) is 11.0 Å². The molecule has 0 bridgehead atoms. The van der Waals surface area contributed by atoms with Crippen molar-refractivity contribution in [3.05, 3.63) is 16.1 Å². The number of nitrogens with zero attached hydrogens (tertiary/aromatic N) is 1. The predicted octanol–water partition coefficient (Wildman–Crippen LogP) is 3.37. The molecule has 1 heterocycles. The molecular formula is C13H22N2S. The van der Waals surface area contributed by atoms with Crippen LogP contribution >= 0.6 is 11.3 Å². The minimum absolute atomic E-state index is 0.702. The van der Waals surface area contributed by atoms with Crippen LogP contribution in [0, 0.1) is 18.8 Å². The maximum Gasteiger partial charge on any atom is 0.0897 e. The Hall–Kier alpha value is -0.410. The molecular weight excluding hydrogens is 216 g/mol. The highest BCUT2D eigenvalue weighted by Crippen LogP contribution is 2.29. The number of aromatic nitrogens is 1. The molecule has 1 aliphatic rings. The molecule has 0 aromatic carbocycles. The highest BCUT2D eigenvalue weighted by molar-refractivity contribution is 7.09. The van der Waals surface area contributed by atoms with Crippen LogP contribution in [0.15, 0.2) is 5.38 Å². The molecule has 0 saturated heterocycles. The van der Waals surface area contributed by atoms with Gasteiger partial charge in [-0.3, -0.25) is 0 Å². The number of hydrogen-bond donors (Lipinski definition) is 1. The summed E-state index contributed by atoms with van der Waals surface area (Å²) in [6.45, 7) is 7.77. The van der Waals surface area contributed by atoms with Gasteiger partial charge in [0.2, 0.25) is 0 Å². The summed E-state index contributed by atoms with van der Waals surface area (Å²) < 4.78 is 0. The van der Waals surface area contributed by atoms with Crippen LogP contribution in [0.4, 0.5) is 0 Å². The van der Waals surface area contributed by atoms with Crippen molar-refractivity contribution in [1.29, 1.82) is 0 Å². The number of nitrogens with one attached hydrogen (secondary N) is 1. The van der Waals surface area contributed by atoms with Crippen LogP contribution in [0.2, 0.25) is 0 Å². The largest absolute Gasteiger partial charge is 0.308 e. The lowest BCUT2D eigenvalue weighted by molar-refractivity contribution is 0.225. The van der Waals surface area contributed by atoms with Crippen molar-refractivity contribution in [3.8, 4) is 0 Å². The third-order valence-electron chi connectivity index (χ3n) is 3.84. The molecule has 3 heteroatoms. The van der Waals surface area contributed by atoms with E-state index >= 15 is 0 Å². The van der Waals surface area contributed by atoms with Gasteiger partial charge >= 0.3 is 0 Å². The molecule has 1 aromatic rings. The molecule has 0 spiro atoms. The van der Waals surface area contributed by atoms with Crippen molar-refractivity contribution in [1.82, 2.24) is 10.3 Å². The monoisotopic (exact) mass is 238 g/mol. The molecule has 16 heavy (non-hydrogen) atoms. The van der Waals surface area contributed by atoms with Crippen molar-refractivity contribution in [3.63, 3.8) is 0 Å². The fraction of sp³-hybridized carbons (Fsp3) is 0.769. The Kier molecular flexibility index (Phi) is 3.98. The summed E-state index contributed by atoms with van der Waals surface area (Å²) in [4.78, 5) is 4.49. The molecule has 1 N–H and O–H groups in total. The minimum Gasteiger partial charge on any atom is -0.308 e. The Morgan fingerprint density at radius 2 is 2.19 bits per heavy atom. The van der Waals surface area contributed by atoms with Crippen molar-refractivity contribution in [2.24, 2.45) is 11.8 Å². The second kappa shape index (κ2) is 5.28. The Morgan fingerprint density at radius 3 is 2.81 bits per heavy atom. The topological polar surface area (TPSA) is 24.9 Å². The predicted molar refractivity (Wildman–Crippen MR) is 69.7 cm³/mol. The van der Waals surface area contributed by atoms with E-state index in [2.05, 4.69) is 36.5 Å². The van der Waals surface area contributed by atoms with Gasteiger partial charge in [-0.2, -0.15) is 0 Å². The van der Waals surface area contributed by atoms with E-state index < -0.39 is 0 Å². The number of rotatable bonds is 3. The molecule has 1 aromatic heterocycles. The normalized spacial score (nSPS) is 30.6. The highest BCUT2D eigenvalue weighted by atomic mass is 32.1. The zero-order valence-electron chi connectivity index (χ0n) is 10.5. The molecule has 1 saturated carbocycles. The van der Waals surface area contributed by atoms with E-state index in [1.54, 1.807) is 11.3 Å². The third kappa shape index (κ3) is 3.05. The standard InChI is InChI=1S/C13H22N2S/c1-9-4-5-12(6-10(9)2)14-7-13-8-16-11(3)15-13/h8-10,12,14H,4-7H2,1-3H3. The lowest BCUT2D eigenvalue weighted by atomic mass is 9.79. The van der Waals surface area contributed by atoms with E-state index in [9.17, 15) is 0 Å². The Bertz CT molecular complexity index is 334. The zero-order chi connectivity index (χ0) is 11.5. The average molecular weight is 238 g/mol. The zero-order valence-corrected chi connectivity index (χ0v) is 11.3. The average Bonchev–Trinajstić information content (AvgIpc) is 2.66. The van der Waals surface area contributed by atoms with Crippen molar-refractivity contribution >= 4 is 11.3 Å². The summed E-state index contributed by atoms with van der Waals surface area (Å²) in [5.74, 6) is 1.77. The van der Waals surface area contributed by atoms with E-state index in [-0.39, 0.29) is 0 Å². The van der Waals surface area contributed by atoms with Crippen LogP contribution in [0.3, 0.4) is 0 Å². The first-order valence-corrected chi connectivity index (χ1v) is 7.17. The van der Waals surface area contributed by atoms with E-state index in [4.69, 9.17) is 0 Å². The van der Waals surface area contributed by atoms with Gasteiger partial charge in [-0.05, 0) is 38.0 Å². The Morgan fingerprint density at radius 1 is 1.38 bits per heavy atom. The molecule has 1 aliphatic carbocycles.